The van der Waals surface area contributed by atoms with E-state index in [0.29, 0.717) is 11.3 Å². The fourth-order valence-corrected chi connectivity index (χ4v) is 3.99. The van der Waals surface area contributed by atoms with E-state index in [2.05, 4.69) is 5.32 Å². The highest BCUT2D eigenvalue weighted by molar-refractivity contribution is 7.18. The maximum Gasteiger partial charge on any atom is 0.416 e. The Morgan fingerprint density at radius 2 is 1.91 bits per heavy atom. The van der Waals surface area contributed by atoms with Crippen LogP contribution >= 0.6 is 11.3 Å². The Bertz CT molecular complexity index is 1230. The minimum atomic E-state index is -4.64. The molecule has 0 aliphatic rings. The molecule has 3 rings (SSSR count). The average Bonchev–Trinajstić information content (AvgIpc) is 3.19. The second-order valence-electron chi connectivity index (χ2n) is 7.05. The second kappa shape index (κ2) is 10.6. The van der Waals surface area contributed by atoms with E-state index in [4.69, 9.17) is 14.2 Å². The number of carboxylic acid groups (broad SMARTS) is 1. The van der Waals surface area contributed by atoms with E-state index < -0.39 is 33.6 Å². The highest BCUT2D eigenvalue weighted by atomic mass is 32.1. The van der Waals surface area contributed by atoms with Gasteiger partial charge in [-0.1, -0.05) is 18.2 Å². The average molecular weight is 511 g/mol. The number of nitrogens with zero attached hydrogens (tertiary/aromatic N) is 1. The minimum Gasteiger partial charge on any atom is -0.544 e. The number of aromatic carboxylic acids is 1. The summed E-state index contributed by atoms with van der Waals surface area (Å²) in [6, 6.07) is 9.84. The topological polar surface area (TPSA) is 123 Å². The molecule has 35 heavy (non-hydrogen) atoms. The molecule has 0 unspecified atom stereocenters. The number of nitrogens with one attached hydrogen (secondary N) is 1. The van der Waals surface area contributed by atoms with Crippen LogP contribution in [0.3, 0.4) is 0 Å². The van der Waals surface area contributed by atoms with Crippen LogP contribution in [0, 0.1) is 10.1 Å². The largest absolute Gasteiger partial charge is 0.544 e. The molecule has 0 amide bonds. The Hall–Kier alpha value is -3.84. The molecular weight excluding hydrogens is 493 g/mol. The van der Waals surface area contributed by atoms with Crippen LogP contribution in [0.25, 0.3) is 0 Å². The molecule has 1 heterocycles. The van der Waals surface area contributed by atoms with Gasteiger partial charge >= 0.3 is 6.18 Å². The Kier molecular flexibility index (Phi) is 7.82. The van der Waals surface area contributed by atoms with Crippen LogP contribution in [0.1, 0.15) is 33.8 Å². The predicted octanol–water partition coefficient (Wildman–Crippen LogP) is 4.90. The maximum atomic E-state index is 13.4. The SMILES string of the molecule is COCOc1ccc([N+](=O)[O-])c(Nc2cc(O[C@H](C)c3ccccc3C(F)(F)F)c(C(=O)[O-])s2)c1. The summed E-state index contributed by atoms with van der Waals surface area (Å²) in [5.74, 6) is -1.64. The summed E-state index contributed by atoms with van der Waals surface area (Å²) in [5, 5.41) is 25.9. The summed E-state index contributed by atoms with van der Waals surface area (Å²) in [6.45, 7) is 1.23. The summed E-state index contributed by atoms with van der Waals surface area (Å²) in [7, 11) is 1.40. The van der Waals surface area contributed by atoms with Crippen molar-refractivity contribution in [3.63, 3.8) is 0 Å². The summed E-state index contributed by atoms with van der Waals surface area (Å²) in [5.41, 5.74) is -1.45. The Balaban J connectivity index is 1.93. The summed E-state index contributed by atoms with van der Waals surface area (Å²) >= 11 is 0.645. The third-order valence-electron chi connectivity index (χ3n) is 4.66. The number of hydrogen-bond acceptors (Lipinski definition) is 9. The molecule has 0 spiro atoms. The van der Waals surface area contributed by atoms with Crippen LogP contribution < -0.4 is 19.9 Å². The van der Waals surface area contributed by atoms with Gasteiger partial charge in [0.15, 0.2) is 6.79 Å². The van der Waals surface area contributed by atoms with Crippen LogP contribution in [0.15, 0.2) is 48.5 Å². The predicted molar refractivity (Wildman–Crippen MR) is 118 cm³/mol. The molecule has 0 aliphatic carbocycles. The minimum absolute atomic E-state index is 0.0169. The van der Waals surface area contributed by atoms with Crippen LogP contribution in [0.4, 0.5) is 29.5 Å². The van der Waals surface area contributed by atoms with E-state index >= 15 is 0 Å². The normalized spacial score (nSPS) is 12.1. The van der Waals surface area contributed by atoms with E-state index in [0.717, 1.165) is 6.07 Å². The number of nitro groups is 1. The van der Waals surface area contributed by atoms with Crippen LogP contribution in [0.5, 0.6) is 11.5 Å². The van der Waals surface area contributed by atoms with E-state index in [1.165, 1.54) is 56.5 Å². The number of hydrogen-bond donors (Lipinski definition) is 1. The fourth-order valence-electron chi connectivity index (χ4n) is 3.15. The first-order valence-corrected chi connectivity index (χ1v) is 10.7. The third kappa shape index (κ3) is 6.19. The van der Waals surface area contributed by atoms with Gasteiger partial charge in [0.1, 0.15) is 23.3 Å². The van der Waals surface area contributed by atoms with Crippen LogP contribution in [0.2, 0.25) is 0 Å². The van der Waals surface area contributed by atoms with Gasteiger partial charge in [-0.25, -0.2) is 0 Å². The Morgan fingerprint density at radius 1 is 1.20 bits per heavy atom. The van der Waals surface area contributed by atoms with Gasteiger partial charge in [0, 0.05) is 30.9 Å². The van der Waals surface area contributed by atoms with Crippen molar-refractivity contribution >= 4 is 33.7 Å². The molecular formula is C22H18F3N2O7S-. The maximum absolute atomic E-state index is 13.4. The van der Waals surface area contributed by atoms with Crippen molar-refractivity contribution in [2.24, 2.45) is 0 Å². The molecule has 186 valence electrons. The summed E-state index contributed by atoms with van der Waals surface area (Å²) in [4.78, 5) is 22.0. The number of alkyl halides is 3. The molecule has 1 atom stereocenters. The molecule has 0 fully saturated rings. The number of anilines is 2. The molecule has 9 nitrogen and oxygen atoms in total. The van der Waals surface area contributed by atoms with Gasteiger partial charge in [0.25, 0.3) is 5.69 Å². The van der Waals surface area contributed by atoms with Gasteiger partial charge in [-0.2, -0.15) is 13.2 Å². The lowest BCUT2D eigenvalue weighted by Crippen LogP contribution is -2.22. The van der Waals surface area contributed by atoms with Crippen molar-refractivity contribution < 1.29 is 42.2 Å². The number of carboxylic acids is 1. The first-order valence-electron chi connectivity index (χ1n) is 9.86. The lowest BCUT2D eigenvalue weighted by molar-refractivity contribution is -0.383. The van der Waals surface area contributed by atoms with Gasteiger partial charge < -0.3 is 29.4 Å². The van der Waals surface area contributed by atoms with Gasteiger partial charge in [0.05, 0.1) is 26.3 Å². The van der Waals surface area contributed by atoms with E-state index in [9.17, 15) is 33.2 Å². The van der Waals surface area contributed by atoms with Crippen molar-refractivity contribution in [2.75, 3.05) is 19.2 Å². The van der Waals surface area contributed by atoms with Gasteiger partial charge in [0.2, 0.25) is 0 Å². The molecule has 3 aromatic rings. The molecule has 1 N–H and O–H groups in total. The van der Waals surface area contributed by atoms with Crippen LogP contribution in [-0.2, 0) is 10.9 Å². The molecule has 1 aromatic heterocycles. The Morgan fingerprint density at radius 3 is 2.54 bits per heavy atom. The second-order valence-corrected chi connectivity index (χ2v) is 8.10. The zero-order chi connectivity index (χ0) is 25.8. The quantitative estimate of drug-likeness (QED) is 0.232. The number of ether oxygens (including phenoxy) is 3. The first-order chi connectivity index (χ1) is 16.5. The highest BCUT2D eigenvalue weighted by Crippen LogP contribution is 2.41. The van der Waals surface area contributed by atoms with Gasteiger partial charge in [-0.15, -0.1) is 11.3 Å². The lowest BCUT2D eigenvalue weighted by atomic mass is 10.0. The van der Waals surface area contributed by atoms with Crippen molar-refractivity contribution in [3.8, 4) is 11.5 Å². The fraction of sp³-hybridized carbons (Fsp3) is 0.227. The Labute approximate surface area is 200 Å². The van der Waals surface area contributed by atoms with Gasteiger partial charge in [-0.3, -0.25) is 10.1 Å². The number of methoxy groups -OCH3 is 1. The zero-order valence-corrected chi connectivity index (χ0v) is 19.1. The number of halogens is 3. The highest BCUT2D eigenvalue weighted by Gasteiger charge is 2.35. The molecule has 13 heteroatoms. The van der Waals surface area contributed by atoms with Crippen molar-refractivity contribution in [3.05, 3.63) is 74.6 Å². The van der Waals surface area contributed by atoms with E-state index in [-0.39, 0.29) is 40.2 Å². The molecule has 0 bridgehead atoms. The summed E-state index contributed by atoms with van der Waals surface area (Å²) < 4.78 is 55.8. The number of nitro benzene ring substituents is 1. The van der Waals surface area contributed by atoms with Crippen molar-refractivity contribution in [1.29, 1.82) is 0 Å². The number of benzene rings is 2. The van der Waals surface area contributed by atoms with Gasteiger partial charge in [-0.05, 0) is 19.1 Å². The number of carbonyl (C=O) groups is 1. The van der Waals surface area contributed by atoms with E-state index in [1.807, 2.05) is 0 Å². The zero-order valence-electron chi connectivity index (χ0n) is 18.3. The monoisotopic (exact) mass is 511 g/mol. The number of carbonyl (C=O) groups excluding carboxylic acids is 1. The lowest BCUT2D eigenvalue weighted by Gasteiger charge is -2.20. The van der Waals surface area contributed by atoms with Crippen LogP contribution in [-0.4, -0.2) is 24.8 Å². The van der Waals surface area contributed by atoms with E-state index in [1.54, 1.807) is 0 Å². The molecule has 2 aromatic carbocycles. The smallest absolute Gasteiger partial charge is 0.416 e. The third-order valence-corrected chi connectivity index (χ3v) is 5.67. The van der Waals surface area contributed by atoms with Crippen molar-refractivity contribution in [1.82, 2.24) is 0 Å². The standard InChI is InChI=1S/C22H19F3N2O7S/c1-12(14-5-3-4-6-15(14)22(23,24)25)34-18-10-19(35-20(18)21(28)29)26-16-9-13(33-11-32-2)7-8-17(16)27(30)31/h3-10,12,26H,11H2,1-2H3,(H,28,29)/p-1/t12-/m1/s1. The first kappa shape index (κ1) is 25.8. The number of rotatable bonds is 10. The molecule has 0 saturated carbocycles. The van der Waals surface area contributed by atoms with Crippen molar-refractivity contribution in [2.45, 2.75) is 19.2 Å². The molecule has 0 radical (unpaired) electrons. The molecule has 0 aliphatic heterocycles. The number of thiophene rings is 1. The molecule has 0 saturated heterocycles. The summed E-state index contributed by atoms with van der Waals surface area (Å²) in [6.07, 6.45) is -5.81.